The normalized spacial score (nSPS) is 17.8. The summed E-state index contributed by atoms with van der Waals surface area (Å²) in [6, 6.07) is 0. The quantitative estimate of drug-likeness (QED) is 0.640. The number of nitrogens with two attached hydrogens (primary N) is 1. The number of rotatable bonds is 2. The lowest BCUT2D eigenvalue weighted by atomic mass is 10.5. The van der Waals surface area contributed by atoms with E-state index in [1.54, 1.807) is 11.3 Å². The number of aromatic nitrogens is 1. The van der Waals surface area contributed by atoms with Crippen molar-refractivity contribution in [1.82, 2.24) is 9.88 Å². The van der Waals surface area contributed by atoms with Crippen LogP contribution < -0.4 is 5.73 Å². The molecule has 0 amide bonds. The standard InChI is InChI=1S/C10H16N4S2/c1-8-7-16-9(13-8)6-12-10(11)14-2-4-15-5-3-14/h7H,2-6H2,1H3,(H2,11,12). The Bertz CT molecular complexity index is 369. The smallest absolute Gasteiger partial charge is 0.191 e. The van der Waals surface area contributed by atoms with Gasteiger partial charge in [-0.15, -0.1) is 11.3 Å². The Labute approximate surface area is 104 Å². The highest BCUT2D eigenvalue weighted by atomic mass is 32.2. The van der Waals surface area contributed by atoms with E-state index in [4.69, 9.17) is 5.73 Å². The SMILES string of the molecule is Cc1csc(CN=C(N)N2CCSCC2)n1. The van der Waals surface area contributed by atoms with Crippen molar-refractivity contribution in [2.75, 3.05) is 24.6 Å². The van der Waals surface area contributed by atoms with E-state index >= 15 is 0 Å². The van der Waals surface area contributed by atoms with Crippen LogP contribution in [0.4, 0.5) is 0 Å². The molecule has 1 aliphatic heterocycles. The number of aliphatic imine (C=N–C) groups is 1. The molecule has 0 unspecified atom stereocenters. The zero-order valence-corrected chi connectivity index (χ0v) is 11.0. The summed E-state index contributed by atoms with van der Waals surface area (Å²) in [4.78, 5) is 10.9. The Morgan fingerprint density at radius 3 is 2.94 bits per heavy atom. The lowest BCUT2D eigenvalue weighted by Crippen LogP contribution is -2.42. The number of thioether (sulfide) groups is 1. The van der Waals surface area contributed by atoms with Crippen molar-refractivity contribution in [3.05, 3.63) is 16.1 Å². The molecule has 1 aliphatic rings. The van der Waals surface area contributed by atoms with Crippen LogP contribution in [0.2, 0.25) is 0 Å². The van der Waals surface area contributed by atoms with Gasteiger partial charge in [-0.05, 0) is 6.92 Å². The highest BCUT2D eigenvalue weighted by molar-refractivity contribution is 7.99. The summed E-state index contributed by atoms with van der Waals surface area (Å²) in [7, 11) is 0. The second-order valence-corrected chi connectivity index (χ2v) is 5.82. The number of guanidine groups is 1. The first kappa shape index (κ1) is 11.7. The highest BCUT2D eigenvalue weighted by Crippen LogP contribution is 2.11. The van der Waals surface area contributed by atoms with Crippen LogP contribution in [0, 0.1) is 6.92 Å². The van der Waals surface area contributed by atoms with Crippen LogP contribution in [-0.2, 0) is 6.54 Å². The molecule has 2 heterocycles. The average molecular weight is 256 g/mol. The fourth-order valence-corrected chi connectivity index (χ4v) is 3.11. The molecule has 88 valence electrons. The van der Waals surface area contributed by atoms with Gasteiger partial charge in [-0.1, -0.05) is 0 Å². The van der Waals surface area contributed by atoms with E-state index in [2.05, 4.69) is 14.9 Å². The van der Waals surface area contributed by atoms with Crippen molar-refractivity contribution < 1.29 is 0 Å². The van der Waals surface area contributed by atoms with Crippen LogP contribution in [0.25, 0.3) is 0 Å². The Kier molecular flexibility index (Phi) is 4.06. The van der Waals surface area contributed by atoms with Crippen LogP contribution in [0.15, 0.2) is 10.4 Å². The maximum absolute atomic E-state index is 5.95. The first-order valence-corrected chi connectivity index (χ1v) is 7.33. The topological polar surface area (TPSA) is 54.5 Å². The van der Waals surface area contributed by atoms with Gasteiger partial charge in [0.25, 0.3) is 0 Å². The summed E-state index contributed by atoms with van der Waals surface area (Å²) < 4.78 is 0. The summed E-state index contributed by atoms with van der Waals surface area (Å²) in [5, 5.41) is 3.07. The number of nitrogens with zero attached hydrogens (tertiary/aromatic N) is 3. The summed E-state index contributed by atoms with van der Waals surface area (Å²) in [5.74, 6) is 2.95. The van der Waals surface area contributed by atoms with Gasteiger partial charge in [0.15, 0.2) is 5.96 Å². The molecule has 0 saturated carbocycles. The molecule has 4 nitrogen and oxygen atoms in total. The molecule has 1 saturated heterocycles. The van der Waals surface area contributed by atoms with Gasteiger partial charge in [0.2, 0.25) is 0 Å². The van der Waals surface area contributed by atoms with Crippen molar-refractivity contribution in [2.45, 2.75) is 13.5 Å². The van der Waals surface area contributed by atoms with Crippen LogP contribution in [-0.4, -0.2) is 40.4 Å². The molecule has 2 rings (SSSR count). The molecule has 0 aromatic carbocycles. The van der Waals surface area contributed by atoms with Gasteiger partial charge in [-0.2, -0.15) is 11.8 Å². The summed E-state index contributed by atoms with van der Waals surface area (Å²) in [5.41, 5.74) is 7.01. The number of hydrogen-bond donors (Lipinski definition) is 1. The van der Waals surface area contributed by atoms with Crippen molar-refractivity contribution >= 4 is 29.1 Å². The second kappa shape index (κ2) is 5.54. The van der Waals surface area contributed by atoms with Gasteiger partial charge in [0, 0.05) is 35.7 Å². The average Bonchev–Trinajstić information content (AvgIpc) is 2.73. The van der Waals surface area contributed by atoms with Gasteiger partial charge in [-0.25, -0.2) is 9.98 Å². The zero-order chi connectivity index (χ0) is 11.4. The lowest BCUT2D eigenvalue weighted by molar-refractivity contribution is 0.455. The Balaban J connectivity index is 1.90. The van der Waals surface area contributed by atoms with Gasteiger partial charge < -0.3 is 10.6 Å². The monoisotopic (exact) mass is 256 g/mol. The predicted molar refractivity (Wildman–Crippen MR) is 71.1 cm³/mol. The van der Waals surface area contributed by atoms with Crippen molar-refractivity contribution in [1.29, 1.82) is 0 Å². The largest absolute Gasteiger partial charge is 0.370 e. The van der Waals surface area contributed by atoms with Crippen molar-refractivity contribution in [3.63, 3.8) is 0 Å². The molecule has 2 N–H and O–H groups in total. The Hall–Kier alpha value is -0.750. The maximum Gasteiger partial charge on any atom is 0.191 e. The third-order valence-electron chi connectivity index (χ3n) is 2.38. The Morgan fingerprint density at radius 1 is 1.56 bits per heavy atom. The van der Waals surface area contributed by atoms with E-state index in [1.807, 2.05) is 24.1 Å². The number of hydrogen-bond acceptors (Lipinski definition) is 4. The van der Waals surface area contributed by atoms with E-state index in [9.17, 15) is 0 Å². The number of thiazole rings is 1. The van der Waals surface area contributed by atoms with Gasteiger partial charge in [-0.3, -0.25) is 0 Å². The highest BCUT2D eigenvalue weighted by Gasteiger charge is 2.11. The van der Waals surface area contributed by atoms with Crippen LogP contribution in [0.5, 0.6) is 0 Å². The third-order valence-corrected chi connectivity index (χ3v) is 4.27. The summed E-state index contributed by atoms with van der Waals surface area (Å²) in [6.07, 6.45) is 0. The third kappa shape index (κ3) is 3.12. The summed E-state index contributed by atoms with van der Waals surface area (Å²) in [6.45, 7) is 4.62. The fourth-order valence-electron chi connectivity index (χ4n) is 1.52. The van der Waals surface area contributed by atoms with E-state index in [0.29, 0.717) is 12.5 Å². The van der Waals surface area contributed by atoms with E-state index < -0.39 is 0 Å². The van der Waals surface area contributed by atoms with Crippen LogP contribution in [0.3, 0.4) is 0 Å². The minimum Gasteiger partial charge on any atom is -0.370 e. The van der Waals surface area contributed by atoms with E-state index in [0.717, 1.165) is 35.3 Å². The molecule has 6 heteroatoms. The lowest BCUT2D eigenvalue weighted by Gasteiger charge is -2.27. The zero-order valence-electron chi connectivity index (χ0n) is 9.35. The molecule has 0 aliphatic carbocycles. The Morgan fingerprint density at radius 2 is 2.31 bits per heavy atom. The van der Waals surface area contributed by atoms with Crippen molar-refractivity contribution in [3.8, 4) is 0 Å². The maximum atomic E-state index is 5.95. The molecule has 1 aromatic rings. The first-order chi connectivity index (χ1) is 7.75. The molecule has 0 spiro atoms. The van der Waals surface area contributed by atoms with Gasteiger partial charge >= 0.3 is 0 Å². The van der Waals surface area contributed by atoms with Gasteiger partial charge in [0.1, 0.15) is 5.01 Å². The van der Waals surface area contributed by atoms with Crippen molar-refractivity contribution in [2.24, 2.45) is 10.7 Å². The molecule has 16 heavy (non-hydrogen) atoms. The molecule has 1 fully saturated rings. The molecule has 0 bridgehead atoms. The van der Waals surface area contributed by atoms with Gasteiger partial charge in [0.05, 0.1) is 6.54 Å². The molecule has 0 radical (unpaired) electrons. The minimum atomic E-state index is 0.605. The van der Waals surface area contributed by atoms with E-state index in [1.165, 1.54) is 0 Å². The van der Waals surface area contributed by atoms with Crippen LogP contribution in [0.1, 0.15) is 10.7 Å². The molecular weight excluding hydrogens is 240 g/mol. The molecule has 0 atom stereocenters. The molecular formula is C10H16N4S2. The predicted octanol–water partition coefficient (Wildman–Crippen LogP) is 1.32. The summed E-state index contributed by atoms with van der Waals surface area (Å²) >= 11 is 3.61. The first-order valence-electron chi connectivity index (χ1n) is 5.29. The second-order valence-electron chi connectivity index (χ2n) is 3.66. The fraction of sp³-hybridized carbons (Fsp3) is 0.600. The van der Waals surface area contributed by atoms with Crippen LogP contribution >= 0.6 is 23.1 Å². The number of aryl methyl sites for hydroxylation is 1. The minimum absolute atomic E-state index is 0.605. The molecule has 1 aromatic heterocycles. The van der Waals surface area contributed by atoms with E-state index in [-0.39, 0.29) is 0 Å².